The summed E-state index contributed by atoms with van der Waals surface area (Å²) in [6.07, 6.45) is 2.47. The third kappa shape index (κ3) is 6.39. The molecule has 1 N–H and O–H groups in total. The van der Waals surface area contributed by atoms with Gasteiger partial charge < -0.3 is 5.32 Å². The monoisotopic (exact) mass is 175 g/mol. The van der Waals surface area contributed by atoms with Gasteiger partial charge in [-0.05, 0) is 25.8 Å². The molecule has 0 aromatic carbocycles. The van der Waals surface area contributed by atoms with E-state index in [1.165, 1.54) is 18.4 Å². The van der Waals surface area contributed by atoms with Gasteiger partial charge in [-0.15, -0.1) is 0 Å². The van der Waals surface area contributed by atoms with Crippen LogP contribution in [-0.4, -0.2) is 12.6 Å². The third-order valence-electron chi connectivity index (χ3n) is 1.64. The van der Waals surface area contributed by atoms with Crippen molar-refractivity contribution in [3.63, 3.8) is 0 Å². The molecule has 0 aromatic rings. The molecule has 0 radical (unpaired) electrons. The second-order valence-electron chi connectivity index (χ2n) is 3.03. The van der Waals surface area contributed by atoms with Crippen LogP contribution in [0.5, 0.6) is 0 Å². The van der Waals surface area contributed by atoms with Gasteiger partial charge in [-0.3, -0.25) is 0 Å². The van der Waals surface area contributed by atoms with Gasteiger partial charge in [-0.2, -0.15) is 0 Å². The van der Waals surface area contributed by atoms with Crippen molar-refractivity contribution in [3.8, 4) is 0 Å². The lowest BCUT2D eigenvalue weighted by atomic mass is 10.2. The molecule has 1 unspecified atom stereocenters. The molecule has 0 saturated heterocycles. The maximum Gasteiger partial charge on any atom is 0.0176 e. The summed E-state index contributed by atoms with van der Waals surface area (Å²) in [5, 5.41) is 3.38. The van der Waals surface area contributed by atoms with Crippen LogP contribution in [0.25, 0.3) is 0 Å². The van der Waals surface area contributed by atoms with Crippen molar-refractivity contribution in [2.45, 2.75) is 39.7 Å². The van der Waals surface area contributed by atoms with Crippen LogP contribution < -0.4 is 5.32 Å². The molecule has 2 heteroatoms. The van der Waals surface area contributed by atoms with Gasteiger partial charge in [0.05, 0.1) is 0 Å². The lowest BCUT2D eigenvalue weighted by molar-refractivity contribution is 0.530. The zero-order chi connectivity index (χ0) is 8.69. The molecular formula is C9H18ClN. The number of hydrogen-bond acceptors (Lipinski definition) is 1. The predicted octanol–water partition coefficient (Wildman–Crippen LogP) is 2.91. The predicted molar refractivity (Wildman–Crippen MR) is 52.0 cm³/mol. The van der Waals surface area contributed by atoms with Crippen molar-refractivity contribution < 1.29 is 0 Å². The summed E-state index contributed by atoms with van der Waals surface area (Å²) >= 11 is 5.51. The van der Waals surface area contributed by atoms with Gasteiger partial charge in [0.25, 0.3) is 0 Å². The molecule has 0 spiro atoms. The Kier molecular flexibility index (Phi) is 6.68. The molecule has 66 valence electrons. The fourth-order valence-corrected chi connectivity index (χ4v) is 0.986. The average Bonchev–Trinajstić information content (AvgIpc) is 2.01. The minimum absolute atomic E-state index is 0.603. The number of rotatable bonds is 5. The van der Waals surface area contributed by atoms with E-state index in [4.69, 9.17) is 11.6 Å². The van der Waals surface area contributed by atoms with Crippen LogP contribution in [0.2, 0.25) is 0 Å². The Morgan fingerprint density at radius 3 is 2.73 bits per heavy atom. The Balaban J connectivity index is 3.37. The number of nitrogens with one attached hydrogen (secondary N) is 1. The zero-order valence-corrected chi connectivity index (χ0v) is 8.41. The first kappa shape index (κ1) is 11.0. The van der Waals surface area contributed by atoms with Gasteiger partial charge in [0, 0.05) is 18.1 Å². The maximum atomic E-state index is 5.51. The molecule has 0 bridgehead atoms. The Hall–Kier alpha value is -0.0100. The van der Waals surface area contributed by atoms with Gasteiger partial charge in [0.15, 0.2) is 0 Å². The summed E-state index contributed by atoms with van der Waals surface area (Å²) in [4.78, 5) is 0. The molecule has 0 aliphatic heterocycles. The standard InChI is InChI=1S/C9H18ClN/c1-4-5-9(3)11-7-8(2)6-10/h6,9,11H,4-5,7H2,1-3H3. The summed E-state index contributed by atoms with van der Waals surface area (Å²) in [6.45, 7) is 7.33. The van der Waals surface area contributed by atoms with E-state index in [1.54, 1.807) is 5.54 Å². The molecule has 0 aliphatic rings. The minimum Gasteiger partial charge on any atom is -0.311 e. The van der Waals surface area contributed by atoms with E-state index in [0.29, 0.717) is 6.04 Å². The molecule has 0 rings (SSSR count). The molecule has 0 amide bonds. The van der Waals surface area contributed by atoms with E-state index in [2.05, 4.69) is 19.2 Å². The van der Waals surface area contributed by atoms with Crippen LogP contribution in [-0.2, 0) is 0 Å². The topological polar surface area (TPSA) is 12.0 Å². The molecule has 11 heavy (non-hydrogen) atoms. The SMILES string of the molecule is CCCC(C)NCC(C)=CCl. The number of hydrogen-bond donors (Lipinski definition) is 1. The van der Waals surface area contributed by atoms with Gasteiger partial charge in [0.1, 0.15) is 0 Å². The number of halogens is 1. The summed E-state index contributed by atoms with van der Waals surface area (Å²) in [6, 6.07) is 0.603. The largest absolute Gasteiger partial charge is 0.311 e. The second kappa shape index (κ2) is 6.68. The normalized spacial score (nSPS) is 15.1. The molecule has 0 fully saturated rings. The highest BCUT2D eigenvalue weighted by molar-refractivity contribution is 6.25. The highest BCUT2D eigenvalue weighted by Crippen LogP contribution is 1.97. The lowest BCUT2D eigenvalue weighted by Crippen LogP contribution is -2.27. The smallest absolute Gasteiger partial charge is 0.0176 e. The summed E-state index contributed by atoms with van der Waals surface area (Å²) in [7, 11) is 0. The molecular weight excluding hydrogens is 158 g/mol. The molecule has 0 saturated carbocycles. The van der Waals surface area contributed by atoms with Gasteiger partial charge in [0.2, 0.25) is 0 Å². The Morgan fingerprint density at radius 2 is 2.27 bits per heavy atom. The first-order valence-electron chi connectivity index (χ1n) is 4.20. The third-order valence-corrected chi connectivity index (χ3v) is 2.01. The van der Waals surface area contributed by atoms with Crippen molar-refractivity contribution in [3.05, 3.63) is 11.1 Å². The fourth-order valence-electron chi connectivity index (χ4n) is 0.909. The van der Waals surface area contributed by atoms with E-state index in [1.807, 2.05) is 6.92 Å². The summed E-state index contributed by atoms with van der Waals surface area (Å²) in [5.41, 5.74) is 2.82. The molecule has 1 atom stereocenters. The Bertz CT molecular complexity index is 121. The van der Waals surface area contributed by atoms with Crippen LogP contribution in [0.15, 0.2) is 11.1 Å². The van der Waals surface area contributed by atoms with Crippen molar-refractivity contribution in [2.24, 2.45) is 0 Å². The molecule has 1 nitrogen and oxygen atoms in total. The van der Waals surface area contributed by atoms with Gasteiger partial charge in [-0.1, -0.05) is 24.9 Å². The van der Waals surface area contributed by atoms with E-state index < -0.39 is 0 Å². The van der Waals surface area contributed by atoms with Gasteiger partial charge in [-0.25, -0.2) is 0 Å². The first-order chi connectivity index (χ1) is 5.20. The van der Waals surface area contributed by atoms with Crippen LogP contribution in [0, 0.1) is 0 Å². The molecule has 0 aromatic heterocycles. The van der Waals surface area contributed by atoms with Crippen molar-refractivity contribution in [1.29, 1.82) is 0 Å². The van der Waals surface area contributed by atoms with Gasteiger partial charge >= 0.3 is 0 Å². The summed E-state index contributed by atoms with van der Waals surface area (Å²) in [5.74, 6) is 0. The zero-order valence-electron chi connectivity index (χ0n) is 7.65. The second-order valence-corrected chi connectivity index (χ2v) is 3.24. The van der Waals surface area contributed by atoms with Crippen LogP contribution in [0.4, 0.5) is 0 Å². The summed E-state index contributed by atoms with van der Waals surface area (Å²) < 4.78 is 0. The molecule has 0 heterocycles. The quantitative estimate of drug-likeness (QED) is 0.678. The lowest BCUT2D eigenvalue weighted by Gasteiger charge is -2.11. The van der Waals surface area contributed by atoms with Crippen molar-refractivity contribution in [1.82, 2.24) is 5.32 Å². The Labute approximate surface area is 74.8 Å². The van der Waals surface area contributed by atoms with E-state index >= 15 is 0 Å². The van der Waals surface area contributed by atoms with Crippen LogP contribution in [0.1, 0.15) is 33.6 Å². The average molecular weight is 176 g/mol. The highest BCUT2D eigenvalue weighted by atomic mass is 35.5. The van der Waals surface area contributed by atoms with Crippen LogP contribution in [0.3, 0.4) is 0 Å². The van der Waals surface area contributed by atoms with Crippen molar-refractivity contribution >= 4 is 11.6 Å². The fraction of sp³-hybridized carbons (Fsp3) is 0.778. The van der Waals surface area contributed by atoms with E-state index in [9.17, 15) is 0 Å². The van der Waals surface area contributed by atoms with Crippen LogP contribution >= 0.6 is 11.6 Å². The molecule has 0 aliphatic carbocycles. The maximum absolute atomic E-state index is 5.51. The van der Waals surface area contributed by atoms with E-state index in [0.717, 1.165) is 6.54 Å². The van der Waals surface area contributed by atoms with Crippen molar-refractivity contribution in [2.75, 3.05) is 6.54 Å². The minimum atomic E-state index is 0.603. The van der Waals surface area contributed by atoms with E-state index in [-0.39, 0.29) is 0 Å². The highest BCUT2D eigenvalue weighted by Gasteiger charge is 1.97. The first-order valence-corrected chi connectivity index (χ1v) is 4.63. The Morgan fingerprint density at radius 1 is 1.64 bits per heavy atom.